The SMILES string of the molecule is Cc1cc(NC(C)Cc2cccs2)nc(C)n1. The van der Waals surface area contributed by atoms with Crippen LogP contribution in [0.3, 0.4) is 0 Å². The van der Waals surface area contributed by atoms with E-state index in [0.29, 0.717) is 6.04 Å². The minimum absolute atomic E-state index is 0.377. The molecule has 2 aromatic heterocycles. The third-order valence-corrected chi connectivity index (χ3v) is 3.35. The molecule has 0 saturated heterocycles. The van der Waals surface area contributed by atoms with Crippen molar-refractivity contribution >= 4 is 17.2 Å². The van der Waals surface area contributed by atoms with E-state index in [1.54, 1.807) is 11.3 Å². The summed E-state index contributed by atoms with van der Waals surface area (Å²) in [6, 6.07) is 6.62. The fourth-order valence-corrected chi connectivity index (χ4v) is 2.66. The molecule has 0 saturated carbocycles. The van der Waals surface area contributed by atoms with Crippen LogP contribution in [0, 0.1) is 13.8 Å². The molecule has 2 heterocycles. The van der Waals surface area contributed by atoms with Gasteiger partial charge in [0.1, 0.15) is 11.6 Å². The van der Waals surface area contributed by atoms with Crippen molar-refractivity contribution in [2.24, 2.45) is 0 Å². The van der Waals surface area contributed by atoms with E-state index in [4.69, 9.17) is 0 Å². The third-order valence-electron chi connectivity index (χ3n) is 2.45. The maximum absolute atomic E-state index is 4.38. The molecule has 90 valence electrons. The van der Waals surface area contributed by atoms with Crippen LogP contribution in [0.4, 0.5) is 5.82 Å². The summed E-state index contributed by atoms with van der Waals surface area (Å²) in [5.74, 6) is 1.73. The Morgan fingerprint density at radius 1 is 1.35 bits per heavy atom. The predicted molar refractivity (Wildman–Crippen MR) is 72.6 cm³/mol. The fraction of sp³-hybridized carbons (Fsp3) is 0.385. The zero-order chi connectivity index (χ0) is 12.3. The molecule has 0 fully saturated rings. The number of thiophene rings is 1. The number of hydrogen-bond acceptors (Lipinski definition) is 4. The zero-order valence-electron chi connectivity index (χ0n) is 10.4. The first-order chi connectivity index (χ1) is 8.13. The number of rotatable bonds is 4. The number of aryl methyl sites for hydroxylation is 2. The van der Waals surface area contributed by atoms with Crippen LogP contribution in [0.5, 0.6) is 0 Å². The fourth-order valence-electron chi connectivity index (χ4n) is 1.82. The Bertz CT molecular complexity index is 459. The van der Waals surface area contributed by atoms with Crippen molar-refractivity contribution in [1.29, 1.82) is 0 Å². The van der Waals surface area contributed by atoms with Crippen molar-refractivity contribution in [3.63, 3.8) is 0 Å². The lowest BCUT2D eigenvalue weighted by molar-refractivity contribution is 0.790. The van der Waals surface area contributed by atoms with Crippen LogP contribution in [0.1, 0.15) is 23.3 Å². The molecule has 1 unspecified atom stereocenters. The minimum atomic E-state index is 0.377. The van der Waals surface area contributed by atoms with Crippen LogP contribution in [0.2, 0.25) is 0 Å². The van der Waals surface area contributed by atoms with Crippen LogP contribution in [-0.2, 0) is 6.42 Å². The monoisotopic (exact) mass is 247 g/mol. The van der Waals surface area contributed by atoms with Crippen LogP contribution < -0.4 is 5.32 Å². The van der Waals surface area contributed by atoms with Crippen molar-refractivity contribution in [3.8, 4) is 0 Å². The minimum Gasteiger partial charge on any atom is -0.367 e. The molecule has 2 aromatic rings. The molecule has 0 bridgehead atoms. The summed E-state index contributed by atoms with van der Waals surface area (Å²) in [6.45, 7) is 6.08. The zero-order valence-corrected chi connectivity index (χ0v) is 11.2. The topological polar surface area (TPSA) is 37.8 Å². The molecule has 3 nitrogen and oxygen atoms in total. The van der Waals surface area contributed by atoms with Gasteiger partial charge in [-0.2, -0.15) is 0 Å². The van der Waals surface area contributed by atoms with Crippen molar-refractivity contribution < 1.29 is 0 Å². The quantitative estimate of drug-likeness (QED) is 0.901. The number of nitrogens with zero attached hydrogens (tertiary/aromatic N) is 2. The lowest BCUT2D eigenvalue weighted by Crippen LogP contribution is -2.18. The Balaban J connectivity index is 2.00. The number of hydrogen-bond donors (Lipinski definition) is 1. The largest absolute Gasteiger partial charge is 0.367 e. The summed E-state index contributed by atoms with van der Waals surface area (Å²) in [6.07, 6.45) is 1.03. The number of aromatic nitrogens is 2. The van der Waals surface area contributed by atoms with E-state index in [0.717, 1.165) is 23.8 Å². The van der Waals surface area contributed by atoms with E-state index < -0.39 is 0 Å². The van der Waals surface area contributed by atoms with Gasteiger partial charge in [-0.15, -0.1) is 11.3 Å². The highest BCUT2D eigenvalue weighted by Crippen LogP contribution is 2.14. The van der Waals surface area contributed by atoms with Gasteiger partial charge in [0.15, 0.2) is 0 Å². The molecule has 0 aliphatic heterocycles. The molecule has 0 aromatic carbocycles. The number of nitrogens with one attached hydrogen (secondary N) is 1. The Morgan fingerprint density at radius 3 is 2.82 bits per heavy atom. The van der Waals surface area contributed by atoms with Gasteiger partial charge in [-0.3, -0.25) is 0 Å². The second-order valence-electron chi connectivity index (χ2n) is 4.27. The van der Waals surface area contributed by atoms with Gasteiger partial charge in [-0.25, -0.2) is 9.97 Å². The second kappa shape index (κ2) is 5.27. The van der Waals surface area contributed by atoms with Gasteiger partial charge in [0.2, 0.25) is 0 Å². The van der Waals surface area contributed by atoms with Gasteiger partial charge < -0.3 is 5.32 Å². The smallest absolute Gasteiger partial charge is 0.130 e. The van der Waals surface area contributed by atoms with E-state index in [1.807, 2.05) is 19.9 Å². The molecule has 0 radical (unpaired) electrons. The van der Waals surface area contributed by atoms with Crippen molar-refractivity contribution in [2.45, 2.75) is 33.2 Å². The highest BCUT2D eigenvalue weighted by atomic mass is 32.1. The molecule has 1 N–H and O–H groups in total. The van der Waals surface area contributed by atoms with Gasteiger partial charge in [-0.1, -0.05) is 6.07 Å². The number of anilines is 1. The lowest BCUT2D eigenvalue weighted by Gasteiger charge is -2.14. The van der Waals surface area contributed by atoms with Crippen LogP contribution in [-0.4, -0.2) is 16.0 Å². The average Bonchev–Trinajstić information content (AvgIpc) is 2.67. The molecule has 0 spiro atoms. The molecule has 0 aliphatic rings. The van der Waals surface area contributed by atoms with Crippen LogP contribution in [0.25, 0.3) is 0 Å². The molecule has 0 amide bonds. The normalized spacial score (nSPS) is 12.4. The molecular formula is C13H17N3S. The Labute approximate surface area is 106 Å². The van der Waals surface area contributed by atoms with Gasteiger partial charge in [0.05, 0.1) is 0 Å². The third kappa shape index (κ3) is 3.53. The van der Waals surface area contributed by atoms with E-state index >= 15 is 0 Å². The van der Waals surface area contributed by atoms with Crippen molar-refractivity contribution in [2.75, 3.05) is 5.32 Å². The van der Waals surface area contributed by atoms with Gasteiger partial charge in [-0.05, 0) is 32.2 Å². The Kier molecular flexibility index (Phi) is 3.74. The van der Waals surface area contributed by atoms with Crippen LogP contribution in [0.15, 0.2) is 23.6 Å². The summed E-state index contributed by atoms with van der Waals surface area (Å²) < 4.78 is 0. The van der Waals surface area contributed by atoms with E-state index in [9.17, 15) is 0 Å². The first kappa shape index (κ1) is 12.0. The summed E-state index contributed by atoms with van der Waals surface area (Å²) >= 11 is 1.80. The summed E-state index contributed by atoms with van der Waals surface area (Å²) in [5, 5.41) is 5.53. The maximum atomic E-state index is 4.38. The van der Waals surface area contributed by atoms with Gasteiger partial charge in [0, 0.05) is 29.1 Å². The van der Waals surface area contributed by atoms with Crippen LogP contribution >= 0.6 is 11.3 Å². The summed E-state index contributed by atoms with van der Waals surface area (Å²) in [7, 11) is 0. The molecule has 4 heteroatoms. The van der Waals surface area contributed by atoms with Gasteiger partial charge >= 0.3 is 0 Å². The highest BCUT2D eigenvalue weighted by molar-refractivity contribution is 7.09. The highest BCUT2D eigenvalue weighted by Gasteiger charge is 2.06. The van der Waals surface area contributed by atoms with Crippen molar-refractivity contribution in [3.05, 3.63) is 40.0 Å². The molecule has 1 atom stereocenters. The molecule has 17 heavy (non-hydrogen) atoms. The first-order valence-corrected chi connectivity index (χ1v) is 6.62. The second-order valence-corrected chi connectivity index (χ2v) is 5.30. The van der Waals surface area contributed by atoms with E-state index in [1.165, 1.54) is 4.88 Å². The first-order valence-electron chi connectivity index (χ1n) is 5.74. The predicted octanol–water partition coefficient (Wildman–Crippen LogP) is 3.20. The maximum Gasteiger partial charge on any atom is 0.130 e. The Morgan fingerprint density at radius 2 is 2.18 bits per heavy atom. The standard InChI is InChI=1S/C13H17N3S/c1-9(7-12-5-4-6-17-12)15-13-8-10(2)14-11(3)16-13/h4-6,8-9H,7H2,1-3H3,(H,14,15,16). The molecule has 2 rings (SSSR count). The van der Waals surface area contributed by atoms with E-state index in [-0.39, 0.29) is 0 Å². The lowest BCUT2D eigenvalue weighted by atomic mass is 10.2. The summed E-state index contributed by atoms with van der Waals surface area (Å²) in [4.78, 5) is 10.0. The van der Waals surface area contributed by atoms with Crippen molar-refractivity contribution in [1.82, 2.24) is 9.97 Å². The Hall–Kier alpha value is -1.42. The van der Waals surface area contributed by atoms with E-state index in [2.05, 4.69) is 39.7 Å². The van der Waals surface area contributed by atoms with Gasteiger partial charge in [0.25, 0.3) is 0 Å². The summed E-state index contributed by atoms with van der Waals surface area (Å²) in [5.41, 5.74) is 1.00. The average molecular weight is 247 g/mol. The molecule has 0 aliphatic carbocycles. The molecular weight excluding hydrogens is 230 g/mol.